The minimum absolute atomic E-state index is 0.404. The summed E-state index contributed by atoms with van der Waals surface area (Å²) in [6.07, 6.45) is 3.49. The summed E-state index contributed by atoms with van der Waals surface area (Å²) < 4.78 is 22.3. The second-order valence-electron chi connectivity index (χ2n) is 5.78. The van der Waals surface area contributed by atoms with E-state index in [1.54, 1.807) is 19.6 Å². The third kappa shape index (κ3) is 4.11. The largest absolute Gasteiger partial charge is 0.497 e. The zero-order valence-electron chi connectivity index (χ0n) is 13.8. The molecule has 1 heterocycles. The van der Waals surface area contributed by atoms with E-state index >= 15 is 0 Å². The fraction of sp³-hybridized carbons (Fsp3) is 0.211. The summed E-state index contributed by atoms with van der Waals surface area (Å²) in [5.74, 6) is 1.21. The number of fused-ring (bicyclic) bond motifs is 1. The number of rotatable bonds is 5. The van der Waals surface area contributed by atoms with Crippen molar-refractivity contribution in [2.45, 2.75) is 12.3 Å². The van der Waals surface area contributed by atoms with Gasteiger partial charge in [0, 0.05) is 27.6 Å². The van der Waals surface area contributed by atoms with Gasteiger partial charge < -0.3 is 4.74 Å². The van der Waals surface area contributed by atoms with Gasteiger partial charge in [0.15, 0.2) is 0 Å². The maximum absolute atomic E-state index is 12.8. The standard InChI is InChI=1S/C19H20N2O2S/c1-23-18-9-7-15(8-10-18)13-21-24(2,22)14-16-11-17-5-3-4-6-19(17)20-12-16/h3-12H,13-14H2,1-2H3. The first-order valence-corrected chi connectivity index (χ1v) is 9.77. The van der Waals surface area contributed by atoms with Gasteiger partial charge >= 0.3 is 0 Å². The number of methoxy groups -OCH3 is 1. The number of nitrogens with zero attached hydrogens (tertiary/aromatic N) is 2. The quantitative estimate of drug-likeness (QED) is 0.704. The van der Waals surface area contributed by atoms with Gasteiger partial charge in [-0.3, -0.25) is 4.98 Å². The normalized spacial score (nSPS) is 13.4. The number of hydrogen-bond donors (Lipinski definition) is 0. The van der Waals surface area contributed by atoms with E-state index in [2.05, 4.69) is 9.35 Å². The molecule has 0 aliphatic rings. The average molecular weight is 340 g/mol. The molecule has 1 atom stereocenters. The zero-order chi connectivity index (χ0) is 17.0. The smallest absolute Gasteiger partial charge is 0.118 e. The molecule has 3 rings (SSSR count). The monoisotopic (exact) mass is 340 g/mol. The van der Waals surface area contributed by atoms with Crippen LogP contribution < -0.4 is 4.74 Å². The summed E-state index contributed by atoms with van der Waals surface area (Å²) >= 11 is 0. The minimum atomic E-state index is -2.31. The van der Waals surface area contributed by atoms with E-state index in [9.17, 15) is 4.21 Å². The van der Waals surface area contributed by atoms with Crippen LogP contribution >= 0.6 is 0 Å². The maximum Gasteiger partial charge on any atom is 0.118 e. The van der Waals surface area contributed by atoms with Gasteiger partial charge in [0.1, 0.15) is 5.75 Å². The molecule has 0 bridgehead atoms. The van der Waals surface area contributed by atoms with Crippen molar-refractivity contribution in [3.8, 4) is 5.75 Å². The van der Waals surface area contributed by atoms with Gasteiger partial charge in [-0.1, -0.05) is 30.3 Å². The Labute approximate surface area is 142 Å². The summed E-state index contributed by atoms with van der Waals surface area (Å²) in [6.45, 7) is 0.431. The Morgan fingerprint density at radius 3 is 2.58 bits per heavy atom. The highest BCUT2D eigenvalue weighted by molar-refractivity contribution is 7.92. The summed E-state index contributed by atoms with van der Waals surface area (Å²) in [7, 11) is -0.679. The Morgan fingerprint density at radius 2 is 1.83 bits per heavy atom. The number of aromatic nitrogens is 1. The van der Waals surface area contributed by atoms with Crippen molar-refractivity contribution in [1.82, 2.24) is 4.98 Å². The zero-order valence-corrected chi connectivity index (χ0v) is 14.6. The molecule has 0 aliphatic heterocycles. The van der Waals surface area contributed by atoms with Gasteiger partial charge in [-0.15, -0.1) is 0 Å². The van der Waals surface area contributed by atoms with E-state index in [1.807, 2.05) is 54.6 Å². The molecule has 3 aromatic rings. The lowest BCUT2D eigenvalue weighted by atomic mass is 10.2. The molecule has 0 N–H and O–H groups in total. The van der Waals surface area contributed by atoms with E-state index in [0.717, 1.165) is 27.8 Å². The van der Waals surface area contributed by atoms with Crippen LogP contribution in [0.2, 0.25) is 0 Å². The van der Waals surface area contributed by atoms with Crippen LogP contribution in [-0.4, -0.2) is 22.6 Å². The number of ether oxygens (including phenoxy) is 1. The molecule has 4 nitrogen and oxygen atoms in total. The van der Waals surface area contributed by atoms with Crippen molar-refractivity contribution in [3.05, 3.63) is 71.9 Å². The third-order valence-electron chi connectivity index (χ3n) is 3.76. The predicted molar refractivity (Wildman–Crippen MR) is 98.6 cm³/mol. The van der Waals surface area contributed by atoms with Crippen molar-refractivity contribution >= 4 is 20.6 Å². The lowest BCUT2D eigenvalue weighted by Crippen LogP contribution is -2.02. The Morgan fingerprint density at radius 1 is 1.08 bits per heavy atom. The molecular weight excluding hydrogens is 320 g/mol. The molecule has 5 heteroatoms. The molecular formula is C19H20N2O2S. The van der Waals surface area contributed by atoms with Gasteiger partial charge in [-0.2, -0.15) is 0 Å². The molecule has 1 aromatic heterocycles. The molecule has 0 saturated carbocycles. The first-order valence-electron chi connectivity index (χ1n) is 7.68. The topological polar surface area (TPSA) is 51.5 Å². The predicted octanol–water partition coefficient (Wildman–Crippen LogP) is 4.04. The summed E-state index contributed by atoms with van der Waals surface area (Å²) in [4.78, 5) is 4.42. The second kappa shape index (κ2) is 7.01. The molecule has 124 valence electrons. The van der Waals surface area contributed by atoms with E-state index < -0.39 is 9.73 Å². The summed E-state index contributed by atoms with van der Waals surface area (Å²) in [5, 5.41) is 1.06. The van der Waals surface area contributed by atoms with Crippen molar-refractivity contribution in [3.63, 3.8) is 0 Å². The molecule has 24 heavy (non-hydrogen) atoms. The number of pyridine rings is 1. The van der Waals surface area contributed by atoms with Gasteiger partial charge in [-0.05, 0) is 35.4 Å². The van der Waals surface area contributed by atoms with Crippen LogP contribution in [0.5, 0.6) is 5.75 Å². The molecule has 0 spiro atoms. The average Bonchev–Trinajstić information content (AvgIpc) is 2.60. The van der Waals surface area contributed by atoms with Crippen molar-refractivity contribution < 1.29 is 8.95 Å². The number of hydrogen-bond acceptors (Lipinski definition) is 4. The Balaban J connectivity index is 1.76. The van der Waals surface area contributed by atoms with Crippen LogP contribution in [0.3, 0.4) is 0 Å². The van der Waals surface area contributed by atoms with E-state index in [4.69, 9.17) is 4.74 Å². The highest BCUT2D eigenvalue weighted by atomic mass is 32.2. The highest BCUT2D eigenvalue weighted by Crippen LogP contribution is 2.16. The van der Waals surface area contributed by atoms with E-state index in [1.165, 1.54) is 0 Å². The van der Waals surface area contributed by atoms with E-state index in [0.29, 0.717) is 12.3 Å². The van der Waals surface area contributed by atoms with Crippen LogP contribution in [-0.2, 0) is 22.0 Å². The third-order valence-corrected chi connectivity index (χ3v) is 5.31. The molecule has 2 aromatic carbocycles. The van der Waals surface area contributed by atoms with Crippen LogP contribution in [0.1, 0.15) is 11.1 Å². The fourth-order valence-corrected chi connectivity index (χ4v) is 3.78. The molecule has 0 amide bonds. The summed E-state index contributed by atoms with van der Waals surface area (Å²) in [5.41, 5.74) is 2.90. The Kier molecular flexibility index (Phi) is 4.81. The van der Waals surface area contributed by atoms with Crippen molar-refractivity contribution in [1.29, 1.82) is 0 Å². The SMILES string of the molecule is COc1ccc(CN=S(C)(=O)Cc2cnc3ccccc3c2)cc1. The molecule has 0 radical (unpaired) electrons. The van der Waals surface area contributed by atoms with Gasteiger partial charge in [-0.25, -0.2) is 8.57 Å². The van der Waals surface area contributed by atoms with Crippen LogP contribution in [0.15, 0.2) is 65.2 Å². The van der Waals surface area contributed by atoms with Crippen LogP contribution in [0.4, 0.5) is 0 Å². The molecule has 0 aliphatic carbocycles. The fourth-order valence-electron chi connectivity index (χ4n) is 2.49. The van der Waals surface area contributed by atoms with Gasteiger partial charge in [0.05, 0.1) is 24.9 Å². The Hall–Kier alpha value is -2.40. The Bertz CT molecular complexity index is 959. The number of para-hydroxylation sites is 1. The second-order valence-corrected chi connectivity index (χ2v) is 8.24. The molecule has 0 saturated heterocycles. The van der Waals surface area contributed by atoms with Gasteiger partial charge in [0.25, 0.3) is 0 Å². The van der Waals surface area contributed by atoms with Crippen LogP contribution in [0.25, 0.3) is 10.9 Å². The first-order chi connectivity index (χ1) is 11.6. The highest BCUT2D eigenvalue weighted by Gasteiger charge is 2.06. The molecule has 1 unspecified atom stereocenters. The lowest BCUT2D eigenvalue weighted by molar-refractivity contribution is 0.414. The van der Waals surface area contributed by atoms with E-state index in [-0.39, 0.29) is 0 Å². The van der Waals surface area contributed by atoms with Crippen molar-refractivity contribution in [2.24, 2.45) is 4.36 Å². The van der Waals surface area contributed by atoms with Crippen molar-refractivity contribution in [2.75, 3.05) is 13.4 Å². The minimum Gasteiger partial charge on any atom is -0.497 e. The first kappa shape index (κ1) is 16.5. The van der Waals surface area contributed by atoms with Gasteiger partial charge in [0.2, 0.25) is 0 Å². The number of benzene rings is 2. The van der Waals surface area contributed by atoms with Crippen LogP contribution in [0, 0.1) is 0 Å². The molecule has 0 fully saturated rings. The summed E-state index contributed by atoms with van der Waals surface area (Å²) in [6, 6.07) is 17.6. The lowest BCUT2D eigenvalue weighted by Gasteiger charge is -2.07. The maximum atomic E-state index is 12.8.